The topological polar surface area (TPSA) is 111 Å². The van der Waals surface area contributed by atoms with Crippen LogP contribution in [0.3, 0.4) is 0 Å². The second-order valence-electron chi connectivity index (χ2n) is 14.2. The van der Waals surface area contributed by atoms with Crippen LogP contribution < -0.4 is 15.1 Å². The molecule has 256 valence electrons. The van der Waals surface area contributed by atoms with Crippen molar-refractivity contribution in [3.63, 3.8) is 0 Å². The molecule has 6 heterocycles. The van der Waals surface area contributed by atoms with Crippen LogP contribution in [-0.4, -0.2) is 97.4 Å². The number of amides is 2. The van der Waals surface area contributed by atoms with E-state index < -0.39 is 0 Å². The lowest BCUT2D eigenvalue weighted by Crippen LogP contribution is -2.56. The van der Waals surface area contributed by atoms with Crippen molar-refractivity contribution >= 4 is 52.8 Å². The van der Waals surface area contributed by atoms with Gasteiger partial charge in [-0.3, -0.25) is 24.2 Å². The Morgan fingerprint density at radius 2 is 1.86 bits per heavy atom. The summed E-state index contributed by atoms with van der Waals surface area (Å²) in [6.45, 7) is 12.5. The minimum absolute atomic E-state index is 0.112. The van der Waals surface area contributed by atoms with Gasteiger partial charge in [0, 0.05) is 68.3 Å². The fourth-order valence-electron chi connectivity index (χ4n) is 7.34. The van der Waals surface area contributed by atoms with E-state index in [4.69, 9.17) is 4.74 Å². The van der Waals surface area contributed by atoms with Gasteiger partial charge in [0.25, 0.3) is 5.91 Å². The third-order valence-corrected chi connectivity index (χ3v) is 11.2. The number of ether oxygens (including phenoxy) is 1. The lowest BCUT2D eigenvalue weighted by molar-refractivity contribution is -0.114. The number of carbonyl (C=O) groups is 3. The zero-order valence-electron chi connectivity index (χ0n) is 28.6. The Bertz CT molecular complexity index is 1820. The molecule has 3 aliphatic heterocycles. The number of aromatic nitrogens is 2. The summed E-state index contributed by atoms with van der Waals surface area (Å²) >= 11 is 1.59. The van der Waals surface area contributed by atoms with E-state index >= 15 is 0 Å². The Kier molecular flexibility index (Phi) is 9.12. The van der Waals surface area contributed by atoms with E-state index in [1.54, 1.807) is 41.7 Å². The van der Waals surface area contributed by atoms with Crippen LogP contribution in [-0.2, 0) is 28.8 Å². The summed E-state index contributed by atoms with van der Waals surface area (Å²) in [6, 6.07) is 6.33. The van der Waals surface area contributed by atoms with Crippen molar-refractivity contribution in [2.45, 2.75) is 46.1 Å². The molecular formula is C37H43N7O4S. The summed E-state index contributed by atoms with van der Waals surface area (Å²) in [6.07, 6.45) is 11.2. The molecule has 49 heavy (non-hydrogen) atoms. The molecule has 7 rings (SSSR count). The largest absolute Gasteiger partial charge is 0.378 e. The number of fused-ring (bicyclic) bond motifs is 3. The summed E-state index contributed by atoms with van der Waals surface area (Å²) in [5.41, 5.74) is 6.04. The number of thiophene rings is 1. The number of pyridine rings is 2. The lowest BCUT2D eigenvalue weighted by Gasteiger charge is -2.43. The van der Waals surface area contributed by atoms with Gasteiger partial charge in [-0.05, 0) is 72.6 Å². The summed E-state index contributed by atoms with van der Waals surface area (Å²) in [5.74, 6) is 0.895. The normalized spacial score (nSPS) is 19.7. The fourth-order valence-corrected chi connectivity index (χ4v) is 8.91. The summed E-state index contributed by atoms with van der Waals surface area (Å²) in [5, 5.41) is 3.35. The second-order valence-corrected chi connectivity index (χ2v) is 15.3. The standard InChI is InChI=1S/C37H43N7O4S/c1-24(40-33-6-5-26(18-39-33)42-11-13-43(14-12-42)27-21-48-22-27)15-25(19-41(4)23-46)28-7-9-38-35(31(28)20-45)44-10-8-29-30-16-37(2,3)17-32(30)49-34(29)36(44)47/h5-7,9,15,18-20,23,27H,8,10-14,16-17,21-22H2,1-4H3,(H,39,40)/b24-15+,25-19+. The first-order chi connectivity index (χ1) is 23.6. The molecule has 2 amide bonds. The van der Waals surface area contributed by atoms with Crippen molar-refractivity contribution in [3.05, 3.63) is 80.6 Å². The molecule has 0 spiro atoms. The Hall–Kier alpha value is -4.39. The molecular weight excluding hydrogens is 639 g/mol. The second kappa shape index (κ2) is 13.5. The summed E-state index contributed by atoms with van der Waals surface area (Å²) in [4.78, 5) is 57.5. The predicted octanol–water partition coefficient (Wildman–Crippen LogP) is 4.64. The number of anilines is 3. The molecule has 4 aliphatic rings. The van der Waals surface area contributed by atoms with Crippen molar-refractivity contribution in [2.75, 3.05) is 68.1 Å². The maximum Gasteiger partial charge on any atom is 0.269 e. The highest BCUT2D eigenvalue weighted by atomic mass is 32.1. The first-order valence-corrected chi connectivity index (χ1v) is 17.7. The first kappa shape index (κ1) is 33.1. The molecule has 2 fully saturated rings. The molecule has 3 aromatic heterocycles. The van der Waals surface area contributed by atoms with Gasteiger partial charge in [0.15, 0.2) is 6.29 Å². The molecule has 3 aromatic rings. The van der Waals surface area contributed by atoms with Gasteiger partial charge in [-0.1, -0.05) is 13.8 Å². The van der Waals surface area contributed by atoms with Crippen molar-refractivity contribution < 1.29 is 19.1 Å². The number of hydrogen-bond donors (Lipinski definition) is 1. The van der Waals surface area contributed by atoms with Gasteiger partial charge >= 0.3 is 0 Å². The van der Waals surface area contributed by atoms with E-state index in [9.17, 15) is 14.4 Å². The van der Waals surface area contributed by atoms with Gasteiger partial charge in [0.2, 0.25) is 6.41 Å². The molecule has 11 nitrogen and oxygen atoms in total. The molecule has 0 atom stereocenters. The minimum Gasteiger partial charge on any atom is -0.378 e. The van der Waals surface area contributed by atoms with E-state index in [2.05, 4.69) is 45.0 Å². The Morgan fingerprint density at radius 1 is 1.06 bits per heavy atom. The van der Waals surface area contributed by atoms with Crippen molar-refractivity contribution in [1.82, 2.24) is 19.8 Å². The molecule has 0 saturated carbocycles. The van der Waals surface area contributed by atoms with Crippen LogP contribution in [0.1, 0.15) is 62.4 Å². The number of rotatable bonds is 10. The van der Waals surface area contributed by atoms with Gasteiger partial charge in [0.05, 0.1) is 41.6 Å². The smallest absolute Gasteiger partial charge is 0.269 e. The number of piperazine rings is 1. The van der Waals surface area contributed by atoms with Gasteiger partial charge < -0.3 is 19.9 Å². The Balaban J connectivity index is 1.10. The van der Waals surface area contributed by atoms with Crippen LogP contribution in [0.2, 0.25) is 0 Å². The Labute approximate surface area is 291 Å². The molecule has 12 heteroatoms. The lowest BCUT2D eigenvalue weighted by atomic mass is 9.89. The Morgan fingerprint density at radius 3 is 2.53 bits per heavy atom. The zero-order valence-corrected chi connectivity index (χ0v) is 29.4. The third-order valence-electron chi connectivity index (χ3n) is 9.94. The van der Waals surface area contributed by atoms with Crippen LogP contribution in [0, 0.1) is 5.41 Å². The van der Waals surface area contributed by atoms with Crippen molar-refractivity contribution in [1.29, 1.82) is 0 Å². The van der Waals surface area contributed by atoms with Crippen LogP contribution in [0.15, 0.2) is 48.6 Å². The highest BCUT2D eigenvalue weighted by Crippen LogP contribution is 2.45. The first-order valence-electron chi connectivity index (χ1n) is 16.9. The summed E-state index contributed by atoms with van der Waals surface area (Å²) < 4.78 is 5.36. The molecule has 0 radical (unpaired) electrons. The number of hydrogen-bond acceptors (Lipinski definition) is 10. The number of aldehydes is 1. The highest BCUT2D eigenvalue weighted by Gasteiger charge is 2.39. The van der Waals surface area contributed by atoms with Gasteiger partial charge in [-0.15, -0.1) is 11.3 Å². The van der Waals surface area contributed by atoms with Crippen LogP contribution in [0.5, 0.6) is 0 Å². The van der Waals surface area contributed by atoms with E-state index in [1.165, 1.54) is 15.3 Å². The van der Waals surface area contributed by atoms with Crippen LogP contribution in [0.4, 0.5) is 17.3 Å². The highest BCUT2D eigenvalue weighted by molar-refractivity contribution is 7.14. The molecule has 1 aliphatic carbocycles. The van der Waals surface area contributed by atoms with E-state index in [1.807, 2.05) is 25.3 Å². The monoisotopic (exact) mass is 681 g/mol. The molecule has 1 N–H and O–H groups in total. The van der Waals surface area contributed by atoms with E-state index in [0.29, 0.717) is 47.3 Å². The van der Waals surface area contributed by atoms with Crippen LogP contribution in [0.25, 0.3) is 5.57 Å². The number of nitrogens with zero attached hydrogens (tertiary/aromatic N) is 6. The van der Waals surface area contributed by atoms with E-state index in [0.717, 1.165) is 86.8 Å². The number of nitrogens with one attached hydrogen (secondary N) is 1. The molecule has 2 saturated heterocycles. The number of carbonyl (C=O) groups excluding carboxylic acids is 3. The fraction of sp³-hybridized carbons (Fsp3) is 0.432. The van der Waals surface area contributed by atoms with Crippen molar-refractivity contribution in [2.24, 2.45) is 5.41 Å². The molecule has 0 bridgehead atoms. The minimum atomic E-state index is -0.112. The molecule has 0 unspecified atom stereocenters. The maximum absolute atomic E-state index is 13.9. The average Bonchev–Trinajstić information content (AvgIpc) is 3.56. The quantitative estimate of drug-likeness (QED) is 0.242. The van der Waals surface area contributed by atoms with Crippen LogP contribution >= 0.6 is 11.3 Å². The van der Waals surface area contributed by atoms with Gasteiger partial charge in [0.1, 0.15) is 11.6 Å². The third kappa shape index (κ3) is 6.64. The SMILES string of the molecule is C/C(=C\C(=C/N(C)C=O)c1ccnc(N2CCc3c(sc4c3CC(C)(C)C4)C2=O)c1C=O)Nc1ccc(N2CCN(C3COC3)CC2)cn1. The zero-order chi connectivity index (χ0) is 34.3. The average molecular weight is 682 g/mol. The van der Waals surface area contributed by atoms with E-state index in [-0.39, 0.29) is 11.3 Å². The van der Waals surface area contributed by atoms with Gasteiger partial charge in [-0.25, -0.2) is 9.97 Å². The molecule has 0 aromatic carbocycles. The summed E-state index contributed by atoms with van der Waals surface area (Å²) in [7, 11) is 1.64. The van der Waals surface area contributed by atoms with Crippen molar-refractivity contribution in [3.8, 4) is 0 Å². The predicted molar refractivity (Wildman–Crippen MR) is 192 cm³/mol. The maximum atomic E-state index is 13.9. The number of allylic oxidation sites excluding steroid dienone is 3. The van der Waals surface area contributed by atoms with Gasteiger partial charge in [-0.2, -0.15) is 0 Å².